The number of likely N-dealkylation sites (tertiary alicyclic amines) is 1. The standard InChI is InChI=1S/C16H24N2O/c1-3-18(15-9-5-4-6-10-15)16(19)13-17-11-7-8-14(2)12-17/h4-6,9-10,14H,3,7-8,11-13H2,1-2H3. The van der Waals surface area contributed by atoms with Crippen LogP contribution in [0.3, 0.4) is 0 Å². The van der Waals surface area contributed by atoms with Crippen molar-refractivity contribution >= 4 is 11.6 Å². The van der Waals surface area contributed by atoms with Gasteiger partial charge in [0, 0.05) is 18.8 Å². The summed E-state index contributed by atoms with van der Waals surface area (Å²) in [6.07, 6.45) is 2.51. The third-order valence-electron chi connectivity index (χ3n) is 3.79. The molecule has 1 aromatic carbocycles. The molecule has 1 atom stereocenters. The molecular weight excluding hydrogens is 236 g/mol. The molecule has 0 N–H and O–H groups in total. The summed E-state index contributed by atoms with van der Waals surface area (Å²) in [6.45, 7) is 7.69. The number of anilines is 1. The molecule has 19 heavy (non-hydrogen) atoms. The van der Waals surface area contributed by atoms with Crippen LogP contribution in [0.4, 0.5) is 5.69 Å². The molecule has 0 bridgehead atoms. The third-order valence-corrected chi connectivity index (χ3v) is 3.79. The summed E-state index contributed by atoms with van der Waals surface area (Å²) >= 11 is 0. The molecule has 1 amide bonds. The lowest BCUT2D eigenvalue weighted by molar-refractivity contribution is -0.120. The van der Waals surface area contributed by atoms with Gasteiger partial charge in [0.25, 0.3) is 0 Å². The molecule has 1 aromatic rings. The van der Waals surface area contributed by atoms with Crippen LogP contribution in [-0.4, -0.2) is 37.0 Å². The van der Waals surface area contributed by atoms with Crippen molar-refractivity contribution in [3.63, 3.8) is 0 Å². The quantitative estimate of drug-likeness (QED) is 0.831. The van der Waals surface area contributed by atoms with Crippen molar-refractivity contribution in [3.8, 4) is 0 Å². The van der Waals surface area contributed by atoms with Crippen molar-refractivity contribution in [1.82, 2.24) is 4.90 Å². The second kappa shape index (κ2) is 6.71. The number of piperidine rings is 1. The molecule has 0 spiro atoms. The molecule has 0 saturated carbocycles. The maximum Gasteiger partial charge on any atom is 0.241 e. The molecule has 3 heteroatoms. The Morgan fingerprint density at radius 3 is 2.74 bits per heavy atom. The average molecular weight is 260 g/mol. The van der Waals surface area contributed by atoms with E-state index < -0.39 is 0 Å². The monoisotopic (exact) mass is 260 g/mol. The normalized spacial score (nSPS) is 20.2. The van der Waals surface area contributed by atoms with Gasteiger partial charge in [-0.1, -0.05) is 25.1 Å². The first-order chi connectivity index (χ1) is 9.20. The molecule has 1 heterocycles. The van der Waals surface area contributed by atoms with Crippen LogP contribution in [0.1, 0.15) is 26.7 Å². The number of rotatable bonds is 4. The van der Waals surface area contributed by atoms with E-state index in [2.05, 4.69) is 11.8 Å². The molecule has 0 aliphatic carbocycles. The summed E-state index contributed by atoms with van der Waals surface area (Å²) < 4.78 is 0. The van der Waals surface area contributed by atoms with Gasteiger partial charge < -0.3 is 4.90 Å². The highest BCUT2D eigenvalue weighted by Gasteiger charge is 2.21. The van der Waals surface area contributed by atoms with E-state index in [0.29, 0.717) is 12.5 Å². The van der Waals surface area contributed by atoms with E-state index >= 15 is 0 Å². The Hall–Kier alpha value is -1.35. The lowest BCUT2D eigenvalue weighted by Gasteiger charge is -2.32. The van der Waals surface area contributed by atoms with Gasteiger partial charge in [-0.3, -0.25) is 9.69 Å². The summed E-state index contributed by atoms with van der Waals surface area (Å²) in [5.41, 5.74) is 1.00. The number of benzene rings is 1. The molecule has 0 radical (unpaired) electrons. The van der Waals surface area contributed by atoms with Crippen molar-refractivity contribution < 1.29 is 4.79 Å². The van der Waals surface area contributed by atoms with Crippen LogP contribution < -0.4 is 4.90 Å². The summed E-state index contributed by atoms with van der Waals surface area (Å²) in [6, 6.07) is 9.94. The maximum absolute atomic E-state index is 12.4. The number of hydrogen-bond donors (Lipinski definition) is 0. The summed E-state index contributed by atoms with van der Waals surface area (Å²) in [5.74, 6) is 0.927. The highest BCUT2D eigenvalue weighted by Crippen LogP contribution is 2.17. The minimum atomic E-state index is 0.211. The van der Waals surface area contributed by atoms with Crippen LogP contribution in [0.5, 0.6) is 0 Å². The van der Waals surface area contributed by atoms with Gasteiger partial charge in [-0.25, -0.2) is 0 Å². The molecule has 3 nitrogen and oxygen atoms in total. The molecule has 1 saturated heterocycles. The van der Waals surface area contributed by atoms with Crippen LogP contribution in [0, 0.1) is 5.92 Å². The van der Waals surface area contributed by atoms with Crippen LogP contribution >= 0.6 is 0 Å². The van der Waals surface area contributed by atoms with Crippen LogP contribution in [-0.2, 0) is 4.79 Å². The van der Waals surface area contributed by atoms with E-state index in [1.807, 2.05) is 42.2 Å². The predicted octanol–water partition coefficient (Wildman–Crippen LogP) is 2.77. The largest absolute Gasteiger partial charge is 0.312 e. The van der Waals surface area contributed by atoms with Gasteiger partial charge in [-0.15, -0.1) is 0 Å². The van der Waals surface area contributed by atoms with Gasteiger partial charge in [0.2, 0.25) is 5.91 Å². The second-order valence-electron chi connectivity index (χ2n) is 5.46. The molecule has 0 aromatic heterocycles. The van der Waals surface area contributed by atoms with Gasteiger partial charge in [-0.2, -0.15) is 0 Å². The zero-order valence-electron chi connectivity index (χ0n) is 12.0. The van der Waals surface area contributed by atoms with Crippen molar-refractivity contribution in [2.75, 3.05) is 31.1 Å². The fraction of sp³-hybridized carbons (Fsp3) is 0.562. The Morgan fingerprint density at radius 2 is 2.11 bits per heavy atom. The van der Waals surface area contributed by atoms with Crippen LogP contribution in [0.25, 0.3) is 0 Å². The number of carbonyl (C=O) groups is 1. The Kier molecular flexibility index (Phi) is 4.97. The molecule has 1 fully saturated rings. The summed E-state index contributed by atoms with van der Waals surface area (Å²) in [4.78, 5) is 16.6. The Bertz CT molecular complexity index is 404. The Morgan fingerprint density at radius 1 is 1.37 bits per heavy atom. The zero-order chi connectivity index (χ0) is 13.7. The Balaban J connectivity index is 1.97. The molecule has 1 unspecified atom stereocenters. The fourth-order valence-corrected chi connectivity index (χ4v) is 2.82. The number of amides is 1. The van der Waals surface area contributed by atoms with Gasteiger partial charge in [0.05, 0.1) is 6.54 Å². The van der Waals surface area contributed by atoms with Crippen molar-refractivity contribution in [2.45, 2.75) is 26.7 Å². The number of carbonyl (C=O) groups excluding carboxylic acids is 1. The first-order valence-corrected chi connectivity index (χ1v) is 7.28. The van der Waals surface area contributed by atoms with E-state index in [0.717, 1.165) is 25.3 Å². The minimum absolute atomic E-state index is 0.211. The SMILES string of the molecule is CCN(C(=O)CN1CCCC(C)C1)c1ccccc1. The van der Waals surface area contributed by atoms with Crippen LogP contribution in [0.15, 0.2) is 30.3 Å². The van der Waals surface area contributed by atoms with E-state index in [-0.39, 0.29) is 5.91 Å². The smallest absolute Gasteiger partial charge is 0.241 e. The molecular formula is C16H24N2O. The molecule has 1 aliphatic heterocycles. The lowest BCUT2D eigenvalue weighted by Crippen LogP contribution is -2.44. The van der Waals surface area contributed by atoms with Gasteiger partial charge >= 0.3 is 0 Å². The minimum Gasteiger partial charge on any atom is -0.312 e. The zero-order valence-corrected chi connectivity index (χ0v) is 12.0. The van der Waals surface area contributed by atoms with Crippen molar-refractivity contribution in [3.05, 3.63) is 30.3 Å². The van der Waals surface area contributed by atoms with Gasteiger partial charge in [0.15, 0.2) is 0 Å². The van der Waals surface area contributed by atoms with Crippen molar-refractivity contribution in [1.29, 1.82) is 0 Å². The van der Waals surface area contributed by atoms with E-state index in [4.69, 9.17) is 0 Å². The van der Waals surface area contributed by atoms with Gasteiger partial charge in [-0.05, 0) is 44.4 Å². The molecule has 1 aliphatic rings. The number of para-hydroxylation sites is 1. The highest BCUT2D eigenvalue weighted by molar-refractivity contribution is 5.94. The highest BCUT2D eigenvalue weighted by atomic mass is 16.2. The van der Waals surface area contributed by atoms with E-state index in [1.165, 1.54) is 12.8 Å². The maximum atomic E-state index is 12.4. The van der Waals surface area contributed by atoms with Crippen LogP contribution in [0.2, 0.25) is 0 Å². The number of likely N-dealkylation sites (N-methyl/N-ethyl adjacent to an activating group) is 1. The predicted molar refractivity (Wildman–Crippen MR) is 79.3 cm³/mol. The summed E-state index contributed by atoms with van der Waals surface area (Å²) in [5, 5.41) is 0. The Labute approximate surface area is 116 Å². The van der Waals surface area contributed by atoms with Crippen molar-refractivity contribution in [2.24, 2.45) is 5.92 Å². The molecule has 2 rings (SSSR count). The number of nitrogens with zero attached hydrogens (tertiary/aromatic N) is 2. The summed E-state index contributed by atoms with van der Waals surface area (Å²) in [7, 11) is 0. The topological polar surface area (TPSA) is 23.6 Å². The second-order valence-corrected chi connectivity index (χ2v) is 5.46. The lowest BCUT2D eigenvalue weighted by atomic mass is 10.0. The first-order valence-electron chi connectivity index (χ1n) is 7.28. The van der Waals surface area contributed by atoms with Gasteiger partial charge in [0.1, 0.15) is 0 Å². The first kappa shape index (κ1) is 14.1. The molecule has 104 valence electrons. The fourth-order valence-electron chi connectivity index (χ4n) is 2.82. The van der Waals surface area contributed by atoms with E-state index in [1.54, 1.807) is 0 Å². The average Bonchev–Trinajstić information content (AvgIpc) is 2.41. The van der Waals surface area contributed by atoms with E-state index in [9.17, 15) is 4.79 Å². The number of hydrogen-bond acceptors (Lipinski definition) is 2. The third kappa shape index (κ3) is 3.80.